The monoisotopic (exact) mass is 273 g/mol. The largest absolute Gasteiger partial charge is 0.417 e. The van der Waals surface area contributed by atoms with Gasteiger partial charge in [-0.05, 0) is 56.3 Å². The summed E-state index contributed by atoms with van der Waals surface area (Å²) in [4.78, 5) is 13.8. The number of hydrogen-bond acceptors (Lipinski definition) is 4. The Kier molecular flexibility index (Phi) is 2.63. The first kappa shape index (κ1) is 12.0. The Balaban J connectivity index is 1.45. The number of H-pyrrole nitrogens is 1. The molecule has 2 fully saturated rings. The highest BCUT2D eigenvalue weighted by Gasteiger charge is 2.44. The lowest BCUT2D eigenvalue weighted by molar-refractivity contribution is 0.0719. The summed E-state index contributed by atoms with van der Waals surface area (Å²) >= 11 is 0. The maximum atomic E-state index is 11.1. The molecule has 5 heteroatoms. The van der Waals surface area contributed by atoms with E-state index in [0.29, 0.717) is 17.0 Å². The van der Waals surface area contributed by atoms with Gasteiger partial charge in [0.25, 0.3) is 0 Å². The van der Waals surface area contributed by atoms with Crippen molar-refractivity contribution in [1.29, 1.82) is 0 Å². The van der Waals surface area contributed by atoms with Gasteiger partial charge in [0.15, 0.2) is 5.58 Å². The zero-order valence-electron chi connectivity index (χ0n) is 11.4. The van der Waals surface area contributed by atoms with Crippen LogP contribution in [-0.2, 0) is 0 Å². The molecule has 0 bridgehead atoms. The average molecular weight is 273 g/mol. The van der Waals surface area contributed by atoms with Gasteiger partial charge in [0, 0.05) is 17.8 Å². The Morgan fingerprint density at radius 1 is 1.25 bits per heavy atom. The third-order valence-corrected chi connectivity index (χ3v) is 4.81. The van der Waals surface area contributed by atoms with Gasteiger partial charge in [-0.1, -0.05) is 0 Å². The van der Waals surface area contributed by atoms with Crippen LogP contribution >= 0.6 is 0 Å². The van der Waals surface area contributed by atoms with Crippen LogP contribution in [0.3, 0.4) is 0 Å². The van der Waals surface area contributed by atoms with Crippen LogP contribution < -0.4 is 16.4 Å². The number of anilines is 1. The minimum absolute atomic E-state index is 0.394. The Labute approximate surface area is 116 Å². The van der Waals surface area contributed by atoms with Crippen LogP contribution in [0.25, 0.3) is 11.1 Å². The van der Waals surface area contributed by atoms with Crippen LogP contribution in [0, 0.1) is 5.41 Å². The topological polar surface area (TPSA) is 70.1 Å². The second-order valence-corrected chi connectivity index (χ2v) is 6.22. The van der Waals surface area contributed by atoms with Crippen molar-refractivity contribution in [3.05, 3.63) is 28.7 Å². The molecule has 0 unspecified atom stereocenters. The minimum atomic E-state index is -0.394. The third-order valence-electron chi connectivity index (χ3n) is 4.81. The van der Waals surface area contributed by atoms with Gasteiger partial charge in [-0.2, -0.15) is 0 Å². The summed E-state index contributed by atoms with van der Waals surface area (Å²) in [7, 11) is 0. The lowest BCUT2D eigenvalue weighted by Gasteiger charge is -2.50. The summed E-state index contributed by atoms with van der Waals surface area (Å²) in [6, 6.07) is 6.35. The first-order valence-corrected chi connectivity index (χ1v) is 7.33. The molecule has 1 aliphatic heterocycles. The summed E-state index contributed by atoms with van der Waals surface area (Å²) < 4.78 is 5.09. The standard InChI is InChI=1S/C15H19N3O2/c19-14-18-12-2-1-10(7-13(12)20-14)17-11-8-15(9-11)3-5-16-6-4-15/h1-2,7,11,16-17H,3-6,8-9H2,(H,18,19). The molecule has 106 valence electrons. The van der Waals surface area contributed by atoms with Crippen LogP contribution in [0.1, 0.15) is 25.7 Å². The van der Waals surface area contributed by atoms with E-state index in [4.69, 9.17) is 4.42 Å². The highest BCUT2D eigenvalue weighted by Crippen LogP contribution is 2.48. The van der Waals surface area contributed by atoms with E-state index in [1.54, 1.807) is 0 Å². The van der Waals surface area contributed by atoms with Crippen molar-refractivity contribution in [2.75, 3.05) is 18.4 Å². The lowest BCUT2D eigenvalue weighted by atomic mass is 9.60. The fourth-order valence-corrected chi connectivity index (χ4v) is 3.72. The van der Waals surface area contributed by atoms with E-state index < -0.39 is 5.76 Å². The molecule has 20 heavy (non-hydrogen) atoms. The van der Waals surface area contributed by atoms with Gasteiger partial charge in [0.1, 0.15) is 0 Å². The molecule has 1 spiro atoms. The molecule has 0 atom stereocenters. The maximum absolute atomic E-state index is 11.1. The van der Waals surface area contributed by atoms with E-state index in [9.17, 15) is 4.79 Å². The van der Waals surface area contributed by atoms with E-state index in [2.05, 4.69) is 15.6 Å². The summed E-state index contributed by atoms with van der Waals surface area (Å²) in [6.45, 7) is 2.32. The van der Waals surface area contributed by atoms with Gasteiger partial charge >= 0.3 is 5.76 Å². The van der Waals surface area contributed by atoms with Crippen LogP contribution in [0.5, 0.6) is 0 Å². The van der Waals surface area contributed by atoms with E-state index in [0.717, 1.165) is 24.3 Å². The second-order valence-electron chi connectivity index (χ2n) is 6.22. The molecule has 1 saturated heterocycles. The zero-order valence-corrected chi connectivity index (χ0v) is 11.4. The molecule has 2 aromatic rings. The molecule has 1 saturated carbocycles. The number of oxazole rings is 1. The van der Waals surface area contributed by atoms with Gasteiger partial charge in [0.2, 0.25) is 0 Å². The van der Waals surface area contributed by atoms with Crippen molar-refractivity contribution in [3.8, 4) is 0 Å². The number of nitrogens with one attached hydrogen (secondary N) is 3. The molecule has 2 heterocycles. The van der Waals surface area contributed by atoms with Crippen molar-refractivity contribution in [2.45, 2.75) is 31.7 Å². The highest BCUT2D eigenvalue weighted by atomic mass is 16.4. The van der Waals surface area contributed by atoms with Gasteiger partial charge in [-0.3, -0.25) is 4.98 Å². The van der Waals surface area contributed by atoms with E-state index in [-0.39, 0.29) is 0 Å². The van der Waals surface area contributed by atoms with Crippen LogP contribution in [0.2, 0.25) is 0 Å². The van der Waals surface area contributed by atoms with Crippen LogP contribution in [-0.4, -0.2) is 24.1 Å². The number of aromatic amines is 1. The predicted octanol–water partition coefficient (Wildman–Crippen LogP) is 2.07. The average Bonchev–Trinajstić information content (AvgIpc) is 2.77. The lowest BCUT2D eigenvalue weighted by Crippen LogP contribution is -2.50. The summed E-state index contributed by atoms with van der Waals surface area (Å²) in [5.74, 6) is -0.394. The number of aromatic nitrogens is 1. The predicted molar refractivity (Wildman–Crippen MR) is 78.0 cm³/mol. The molecule has 3 N–H and O–H groups in total. The van der Waals surface area contributed by atoms with Crippen molar-refractivity contribution in [1.82, 2.24) is 10.3 Å². The molecule has 1 aliphatic carbocycles. The number of benzene rings is 1. The normalized spacial score (nSPS) is 22.0. The highest BCUT2D eigenvalue weighted by molar-refractivity contribution is 5.76. The first-order chi connectivity index (χ1) is 9.72. The van der Waals surface area contributed by atoms with Gasteiger partial charge in [-0.25, -0.2) is 4.79 Å². The van der Waals surface area contributed by atoms with Crippen molar-refractivity contribution >= 4 is 16.8 Å². The fraction of sp³-hybridized carbons (Fsp3) is 0.533. The zero-order chi connectivity index (χ0) is 13.6. The number of rotatable bonds is 2. The number of piperidine rings is 1. The smallest absolute Gasteiger partial charge is 0.408 e. The van der Waals surface area contributed by atoms with Gasteiger partial charge < -0.3 is 15.1 Å². The minimum Gasteiger partial charge on any atom is -0.408 e. The number of hydrogen-bond donors (Lipinski definition) is 3. The summed E-state index contributed by atoms with van der Waals surface area (Å²) in [5, 5.41) is 6.98. The van der Waals surface area contributed by atoms with E-state index in [1.165, 1.54) is 25.7 Å². The van der Waals surface area contributed by atoms with Crippen molar-refractivity contribution in [3.63, 3.8) is 0 Å². The third kappa shape index (κ3) is 2.02. The molecule has 0 amide bonds. The molecular weight excluding hydrogens is 254 g/mol. The fourth-order valence-electron chi connectivity index (χ4n) is 3.72. The Bertz CT molecular complexity index is 674. The Hall–Kier alpha value is -1.75. The summed E-state index contributed by atoms with van der Waals surface area (Å²) in [6.07, 6.45) is 5.11. The molecule has 4 rings (SSSR count). The molecular formula is C15H19N3O2. The van der Waals surface area contributed by atoms with Crippen molar-refractivity contribution < 1.29 is 4.42 Å². The molecule has 1 aromatic carbocycles. The maximum Gasteiger partial charge on any atom is 0.417 e. The van der Waals surface area contributed by atoms with Crippen LogP contribution in [0.15, 0.2) is 27.4 Å². The summed E-state index contributed by atoms with van der Waals surface area (Å²) in [5.41, 5.74) is 2.99. The van der Waals surface area contributed by atoms with E-state index >= 15 is 0 Å². The molecule has 0 radical (unpaired) electrons. The molecule has 2 aliphatic rings. The quantitative estimate of drug-likeness (QED) is 0.783. The Morgan fingerprint density at radius 2 is 2.05 bits per heavy atom. The Morgan fingerprint density at radius 3 is 2.85 bits per heavy atom. The van der Waals surface area contributed by atoms with Gasteiger partial charge in [0.05, 0.1) is 5.52 Å². The van der Waals surface area contributed by atoms with Gasteiger partial charge in [-0.15, -0.1) is 0 Å². The molecule has 5 nitrogen and oxygen atoms in total. The number of fused-ring (bicyclic) bond motifs is 1. The van der Waals surface area contributed by atoms with Crippen molar-refractivity contribution in [2.24, 2.45) is 5.41 Å². The second kappa shape index (κ2) is 4.38. The SMILES string of the molecule is O=c1[nH]c2ccc(NC3CC4(CCNCC4)C3)cc2o1. The van der Waals surface area contributed by atoms with E-state index in [1.807, 2.05) is 18.2 Å². The van der Waals surface area contributed by atoms with Crippen LogP contribution in [0.4, 0.5) is 5.69 Å². The molecule has 1 aromatic heterocycles. The first-order valence-electron chi connectivity index (χ1n) is 7.33.